The van der Waals surface area contributed by atoms with E-state index in [4.69, 9.17) is 9.47 Å². The van der Waals surface area contributed by atoms with Crippen molar-refractivity contribution in [3.8, 4) is 11.5 Å². The highest BCUT2D eigenvalue weighted by molar-refractivity contribution is 6.52. The zero-order valence-corrected chi connectivity index (χ0v) is 7.48. The molecular formula is C8H9BNO3. The molecule has 0 saturated heterocycles. The van der Waals surface area contributed by atoms with Crippen LogP contribution in [0.15, 0.2) is 23.3 Å². The molecule has 0 bridgehead atoms. The van der Waals surface area contributed by atoms with Gasteiger partial charge in [0.05, 0.1) is 14.2 Å². The van der Waals surface area contributed by atoms with Gasteiger partial charge in [0.1, 0.15) is 11.5 Å². The van der Waals surface area contributed by atoms with Gasteiger partial charge >= 0.3 is 7.41 Å². The molecule has 0 spiro atoms. The Morgan fingerprint density at radius 3 is 2.62 bits per heavy atom. The molecule has 0 aliphatic carbocycles. The van der Waals surface area contributed by atoms with Crippen molar-refractivity contribution in [3.63, 3.8) is 0 Å². The zero-order valence-electron chi connectivity index (χ0n) is 7.48. The van der Waals surface area contributed by atoms with Crippen LogP contribution in [0.1, 0.15) is 0 Å². The van der Waals surface area contributed by atoms with Crippen molar-refractivity contribution in [2.24, 2.45) is 5.09 Å². The van der Waals surface area contributed by atoms with Crippen molar-refractivity contribution >= 4 is 12.9 Å². The molecule has 0 heterocycles. The van der Waals surface area contributed by atoms with Gasteiger partial charge < -0.3 is 9.47 Å². The van der Waals surface area contributed by atoms with Crippen LogP contribution in [0.2, 0.25) is 0 Å². The third-order valence-corrected chi connectivity index (χ3v) is 1.63. The molecule has 0 aromatic heterocycles. The summed E-state index contributed by atoms with van der Waals surface area (Å²) in [6.07, 6.45) is 0. The molecule has 4 nitrogen and oxygen atoms in total. The lowest BCUT2D eigenvalue weighted by Crippen LogP contribution is -2.14. The smallest absolute Gasteiger partial charge is 0.377 e. The minimum atomic E-state index is 0.568. The van der Waals surface area contributed by atoms with Crippen molar-refractivity contribution in [2.75, 3.05) is 14.2 Å². The molecule has 0 atom stereocenters. The topological polar surface area (TPSA) is 47.9 Å². The largest absolute Gasteiger partial charge is 0.497 e. The van der Waals surface area contributed by atoms with Crippen molar-refractivity contribution in [3.05, 3.63) is 23.1 Å². The Balaban J connectivity index is 3.00. The van der Waals surface area contributed by atoms with Crippen molar-refractivity contribution in [2.45, 2.75) is 0 Å². The fourth-order valence-electron chi connectivity index (χ4n) is 0.982. The van der Waals surface area contributed by atoms with Gasteiger partial charge in [0.15, 0.2) is 0 Å². The maximum absolute atomic E-state index is 10.0. The Bertz CT molecular complexity index is 303. The standard InChI is InChI=1S/C8H9BNO3/c1-12-6-3-4-7(9-10-11)8(5-6)13-2/h3-5H,1-2H3. The third-order valence-electron chi connectivity index (χ3n) is 1.63. The average molecular weight is 178 g/mol. The van der Waals surface area contributed by atoms with Crippen LogP contribution in [0, 0.1) is 4.91 Å². The summed E-state index contributed by atoms with van der Waals surface area (Å²) in [5, 5.41) is 2.67. The number of ether oxygens (including phenoxy) is 2. The van der Waals surface area contributed by atoms with E-state index in [0.717, 1.165) is 0 Å². The fourth-order valence-corrected chi connectivity index (χ4v) is 0.982. The normalized spacial score (nSPS) is 9.08. The van der Waals surface area contributed by atoms with Crippen LogP contribution in [0.25, 0.3) is 0 Å². The first-order chi connectivity index (χ1) is 6.31. The van der Waals surface area contributed by atoms with Crippen LogP contribution in [-0.2, 0) is 0 Å². The molecular weight excluding hydrogens is 169 g/mol. The summed E-state index contributed by atoms with van der Waals surface area (Å²) in [6.45, 7) is 0. The lowest BCUT2D eigenvalue weighted by Gasteiger charge is -2.06. The predicted molar refractivity (Wildman–Crippen MR) is 50.7 cm³/mol. The van der Waals surface area contributed by atoms with Crippen molar-refractivity contribution in [1.29, 1.82) is 0 Å². The quantitative estimate of drug-likeness (QED) is 0.503. The summed E-state index contributed by atoms with van der Waals surface area (Å²) >= 11 is 0. The Morgan fingerprint density at radius 2 is 2.08 bits per heavy atom. The Morgan fingerprint density at radius 1 is 1.31 bits per heavy atom. The van der Waals surface area contributed by atoms with Crippen LogP contribution in [-0.4, -0.2) is 21.6 Å². The molecule has 0 unspecified atom stereocenters. The molecule has 1 aromatic rings. The lowest BCUT2D eigenvalue weighted by atomic mass is 9.84. The van der Waals surface area contributed by atoms with Crippen LogP contribution in [0.3, 0.4) is 0 Å². The van der Waals surface area contributed by atoms with E-state index in [9.17, 15) is 4.91 Å². The van der Waals surface area contributed by atoms with E-state index >= 15 is 0 Å². The number of nitrogens with zero attached hydrogens (tertiary/aromatic N) is 1. The number of hydrogen-bond donors (Lipinski definition) is 0. The molecule has 1 radical (unpaired) electrons. The summed E-state index contributed by atoms with van der Waals surface area (Å²) in [5.74, 6) is 1.25. The lowest BCUT2D eigenvalue weighted by molar-refractivity contribution is 0.396. The Hall–Kier alpha value is -1.52. The highest BCUT2D eigenvalue weighted by Crippen LogP contribution is 2.16. The molecule has 5 heteroatoms. The minimum absolute atomic E-state index is 0.568. The van der Waals surface area contributed by atoms with Crippen molar-refractivity contribution < 1.29 is 9.47 Å². The van der Waals surface area contributed by atoms with E-state index in [1.807, 2.05) is 0 Å². The second kappa shape index (κ2) is 4.50. The first-order valence-electron chi connectivity index (χ1n) is 3.69. The predicted octanol–water partition coefficient (Wildman–Crippen LogP) is 0.715. The maximum Gasteiger partial charge on any atom is 0.377 e. The van der Waals surface area contributed by atoms with E-state index in [2.05, 4.69) is 5.09 Å². The van der Waals surface area contributed by atoms with Gasteiger partial charge in [-0.25, -0.2) is 0 Å². The Labute approximate surface area is 77.1 Å². The van der Waals surface area contributed by atoms with E-state index in [-0.39, 0.29) is 0 Å². The Kier molecular flexibility index (Phi) is 3.31. The minimum Gasteiger partial charge on any atom is -0.497 e. The van der Waals surface area contributed by atoms with Gasteiger partial charge in [0.25, 0.3) is 0 Å². The number of nitroso groups, excluding NO2 is 1. The molecule has 0 N–H and O–H groups in total. The van der Waals surface area contributed by atoms with Gasteiger partial charge in [-0.15, -0.1) is 5.09 Å². The molecule has 0 aliphatic heterocycles. The maximum atomic E-state index is 10.0. The van der Waals surface area contributed by atoms with E-state index in [1.54, 1.807) is 25.3 Å². The zero-order chi connectivity index (χ0) is 9.68. The fraction of sp³-hybridized carbons (Fsp3) is 0.250. The summed E-state index contributed by atoms with van der Waals surface area (Å²) in [7, 11) is 4.28. The van der Waals surface area contributed by atoms with Gasteiger partial charge in [0.2, 0.25) is 0 Å². The van der Waals surface area contributed by atoms with Gasteiger partial charge in [-0.1, -0.05) is 6.07 Å². The van der Waals surface area contributed by atoms with Crippen LogP contribution in [0.5, 0.6) is 11.5 Å². The number of hydrogen-bond acceptors (Lipinski definition) is 4. The molecule has 0 aliphatic rings. The number of benzene rings is 1. The molecule has 0 saturated carbocycles. The van der Waals surface area contributed by atoms with E-state index in [1.165, 1.54) is 14.5 Å². The van der Waals surface area contributed by atoms with Crippen LogP contribution < -0.4 is 14.9 Å². The summed E-state index contributed by atoms with van der Waals surface area (Å²) in [4.78, 5) is 10.0. The first kappa shape index (κ1) is 9.57. The van der Waals surface area contributed by atoms with Gasteiger partial charge in [-0.05, 0) is 11.5 Å². The van der Waals surface area contributed by atoms with E-state index < -0.39 is 0 Å². The highest BCUT2D eigenvalue weighted by Gasteiger charge is 2.06. The number of rotatable bonds is 4. The van der Waals surface area contributed by atoms with Crippen molar-refractivity contribution in [1.82, 2.24) is 0 Å². The molecule has 0 fully saturated rings. The highest BCUT2D eigenvalue weighted by atomic mass is 16.5. The second-order valence-corrected chi connectivity index (χ2v) is 2.34. The molecule has 0 amide bonds. The van der Waals surface area contributed by atoms with Gasteiger partial charge in [0, 0.05) is 6.07 Å². The monoisotopic (exact) mass is 178 g/mol. The van der Waals surface area contributed by atoms with Crippen LogP contribution >= 0.6 is 0 Å². The number of methoxy groups -OCH3 is 2. The third kappa shape index (κ3) is 2.21. The second-order valence-electron chi connectivity index (χ2n) is 2.34. The summed E-state index contributed by atoms with van der Waals surface area (Å²) in [6, 6.07) is 5.13. The molecule has 13 heavy (non-hydrogen) atoms. The van der Waals surface area contributed by atoms with Gasteiger partial charge in [-0.2, -0.15) is 4.91 Å². The first-order valence-corrected chi connectivity index (χ1v) is 3.69. The molecule has 1 aromatic carbocycles. The molecule has 67 valence electrons. The van der Waals surface area contributed by atoms with Gasteiger partial charge in [-0.3, -0.25) is 0 Å². The average Bonchev–Trinajstić information content (AvgIpc) is 2.19. The van der Waals surface area contributed by atoms with E-state index in [0.29, 0.717) is 17.0 Å². The summed E-state index contributed by atoms with van der Waals surface area (Å²) < 4.78 is 10.0. The summed E-state index contributed by atoms with van der Waals surface area (Å²) in [5.41, 5.74) is 0.637. The van der Waals surface area contributed by atoms with Crippen LogP contribution in [0.4, 0.5) is 0 Å². The SMILES string of the molecule is COc1ccc([B]N=O)c(OC)c1. The molecule has 1 rings (SSSR count).